The number of aromatic nitrogens is 2. The van der Waals surface area contributed by atoms with Crippen molar-refractivity contribution in [2.45, 2.75) is 26.2 Å². The smallest absolute Gasteiger partial charge is 0.226 e. The van der Waals surface area contributed by atoms with Crippen LogP contribution in [0.5, 0.6) is 5.75 Å². The lowest BCUT2D eigenvalue weighted by Gasteiger charge is -2.06. The van der Waals surface area contributed by atoms with E-state index in [0.29, 0.717) is 36.0 Å². The number of nitrogens with zero attached hydrogens (tertiary/aromatic N) is 2. The predicted octanol–water partition coefficient (Wildman–Crippen LogP) is 4.89. The zero-order valence-electron chi connectivity index (χ0n) is 14.9. The van der Waals surface area contributed by atoms with Crippen LogP contribution in [-0.2, 0) is 11.2 Å². The molecule has 0 aliphatic rings. The summed E-state index contributed by atoms with van der Waals surface area (Å²) in [6.45, 7) is 2.51. The highest BCUT2D eigenvalue weighted by Crippen LogP contribution is 2.20. The molecule has 0 saturated carbocycles. The van der Waals surface area contributed by atoms with E-state index in [4.69, 9.17) is 16.3 Å². The number of hydrogen-bond donors (Lipinski definition) is 1. The molecule has 1 N–H and O–H groups in total. The van der Waals surface area contributed by atoms with Gasteiger partial charge in [-0.3, -0.25) is 4.79 Å². The minimum atomic E-state index is -0.0861. The molecule has 7 heteroatoms. The van der Waals surface area contributed by atoms with Crippen molar-refractivity contribution in [2.24, 2.45) is 0 Å². The molecule has 1 amide bonds. The Kier molecular flexibility index (Phi) is 6.79. The zero-order chi connectivity index (χ0) is 19.1. The number of nitrogens with one attached hydrogen (secondary N) is 1. The van der Waals surface area contributed by atoms with Crippen LogP contribution < -0.4 is 10.1 Å². The highest BCUT2D eigenvalue weighted by molar-refractivity contribution is 7.15. The first-order chi connectivity index (χ1) is 13.1. The fourth-order valence-electron chi connectivity index (χ4n) is 2.46. The Morgan fingerprint density at radius 1 is 1.19 bits per heavy atom. The number of ether oxygens (including phenoxy) is 1. The van der Waals surface area contributed by atoms with Crippen molar-refractivity contribution in [2.75, 3.05) is 11.9 Å². The highest BCUT2D eigenvalue weighted by atomic mass is 35.5. The Bertz CT molecular complexity index is 896. The fraction of sp³-hybridized carbons (Fsp3) is 0.250. The van der Waals surface area contributed by atoms with E-state index in [1.165, 1.54) is 11.3 Å². The molecule has 3 aromatic rings. The number of aryl methyl sites for hydroxylation is 1. The molecule has 0 spiro atoms. The fourth-order valence-corrected chi connectivity index (χ4v) is 3.38. The third-order valence-corrected chi connectivity index (χ3v) is 4.88. The van der Waals surface area contributed by atoms with E-state index in [-0.39, 0.29) is 5.91 Å². The van der Waals surface area contributed by atoms with Crippen LogP contribution in [0.4, 0.5) is 5.13 Å². The van der Waals surface area contributed by atoms with Gasteiger partial charge in [-0.05, 0) is 48.7 Å². The van der Waals surface area contributed by atoms with E-state index in [1.54, 1.807) is 0 Å². The second kappa shape index (κ2) is 9.48. The maximum atomic E-state index is 12.0. The lowest BCUT2D eigenvalue weighted by atomic mass is 10.2. The van der Waals surface area contributed by atoms with E-state index in [1.807, 2.05) is 55.5 Å². The van der Waals surface area contributed by atoms with Crippen LogP contribution in [0.2, 0.25) is 5.02 Å². The summed E-state index contributed by atoms with van der Waals surface area (Å²) >= 11 is 7.27. The van der Waals surface area contributed by atoms with Gasteiger partial charge < -0.3 is 10.1 Å². The van der Waals surface area contributed by atoms with Crippen LogP contribution in [0.25, 0.3) is 0 Å². The van der Waals surface area contributed by atoms with Gasteiger partial charge in [0.1, 0.15) is 10.8 Å². The van der Waals surface area contributed by atoms with Crippen molar-refractivity contribution < 1.29 is 9.53 Å². The molecule has 0 aliphatic carbocycles. The zero-order valence-corrected chi connectivity index (χ0v) is 16.5. The van der Waals surface area contributed by atoms with E-state index >= 15 is 0 Å². The molecular weight excluding hydrogens is 382 g/mol. The Morgan fingerprint density at radius 3 is 2.78 bits per heavy atom. The molecule has 0 radical (unpaired) electrons. The SMILES string of the molecule is Cc1cccc(OCCCC(=O)Nc2nnc(Cc3ccc(Cl)cc3)s2)c1. The number of carbonyl (C=O) groups is 1. The van der Waals surface area contributed by atoms with Crippen LogP contribution >= 0.6 is 22.9 Å². The van der Waals surface area contributed by atoms with Crippen molar-refractivity contribution in [1.82, 2.24) is 10.2 Å². The van der Waals surface area contributed by atoms with Crippen molar-refractivity contribution in [1.29, 1.82) is 0 Å². The molecule has 5 nitrogen and oxygen atoms in total. The lowest BCUT2D eigenvalue weighted by Crippen LogP contribution is -2.12. The Hall–Kier alpha value is -2.44. The second-order valence-corrected chi connectivity index (χ2v) is 7.62. The Morgan fingerprint density at radius 2 is 2.00 bits per heavy atom. The van der Waals surface area contributed by atoms with Gasteiger partial charge in [-0.15, -0.1) is 10.2 Å². The summed E-state index contributed by atoms with van der Waals surface area (Å²) in [6, 6.07) is 15.5. The summed E-state index contributed by atoms with van der Waals surface area (Å²) < 4.78 is 5.65. The first-order valence-electron chi connectivity index (χ1n) is 8.64. The number of hydrogen-bond acceptors (Lipinski definition) is 5. The van der Waals surface area contributed by atoms with Crippen molar-refractivity contribution in [3.63, 3.8) is 0 Å². The average molecular weight is 402 g/mol. The van der Waals surface area contributed by atoms with Crippen LogP contribution in [0.15, 0.2) is 48.5 Å². The van der Waals surface area contributed by atoms with Gasteiger partial charge in [0.15, 0.2) is 0 Å². The summed E-state index contributed by atoms with van der Waals surface area (Å²) in [7, 11) is 0. The van der Waals surface area contributed by atoms with Gasteiger partial charge in [-0.25, -0.2) is 0 Å². The number of amides is 1. The molecular formula is C20H20ClN3O2S. The summed E-state index contributed by atoms with van der Waals surface area (Å²) in [5, 5.41) is 13.0. The number of benzene rings is 2. The van der Waals surface area contributed by atoms with E-state index in [0.717, 1.165) is 21.9 Å². The van der Waals surface area contributed by atoms with Crippen LogP contribution in [0, 0.1) is 6.92 Å². The van der Waals surface area contributed by atoms with Gasteiger partial charge in [-0.2, -0.15) is 0 Å². The first kappa shape index (κ1) is 19.3. The van der Waals surface area contributed by atoms with Gasteiger partial charge >= 0.3 is 0 Å². The molecule has 0 unspecified atom stereocenters. The molecule has 140 valence electrons. The number of halogens is 1. The van der Waals surface area contributed by atoms with Crippen LogP contribution in [-0.4, -0.2) is 22.7 Å². The van der Waals surface area contributed by atoms with Gasteiger partial charge in [0.2, 0.25) is 11.0 Å². The average Bonchev–Trinajstić information content (AvgIpc) is 3.07. The van der Waals surface area contributed by atoms with Gasteiger partial charge in [-0.1, -0.05) is 47.2 Å². The quantitative estimate of drug-likeness (QED) is 0.546. The van der Waals surface area contributed by atoms with Crippen molar-refractivity contribution >= 4 is 34.0 Å². The lowest BCUT2D eigenvalue weighted by molar-refractivity contribution is -0.116. The number of anilines is 1. The third kappa shape index (κ3) is 6.34. The largest absolute Gasteiger partial charge is 0.494 e. The first-order valence-corrected chi connectivity index (χ1v) is 9.84. The number of carbonyl (C=O) groups excluding carboxylic acids is 1. The summed E-state index contributed by atoms with van der Waals surface area (Å²) in [5.74, 6) is 0.739. The Labute approximate surface area is 167 Å². The predicted molar refractivity (Wildman–Crippen MR) is 109 cm³/mol. The summed E-state index contributed by atoms with van der Waals surface area (Å²) in [4.78, 5) is 12.0. The van der Waals surface area contributed by atoms with E-state index in [2.05, 4.69) is 15.5 Å². The molecule has 0 saturated heterocycles. The summed E-state index contributed by atoms with van der Waals surface area (Å²) in [5.41, 5.74) is 2.25. The molecule has 3 rings (SSSR count). The number of rotatable bonds is 8. The van der Waals surface area contributed by atoms with E-state index < -0.39 is 0 Å². The minimum absolute atomic E-state index is 0.0861. The van der Waals surface area contributed by atoms with Crippen molar-refractivity contribution in [3.05, 3.63) is 69.7 Å². The molecule has 2 aromatic carbocycles. The van der Waals surface area contributed by atoms with Crippen molar-refractivity contribution in [3.8, 4) is 5.75 Å². The van der Waals surface area contributed by atoms with Gasteiger partial charge in [0.05, 0.1) is 6.61 Å². The highest BCUT2D eigenvalue weighted by Gasteiger charge is 2.09. The molecule has 0 atom stereocenters. The molecule has 27 heavy (non-hydrogen) atoms. The third-order valence-electron chi connectivity index (χ3n) is 3.79. The normalized spacial score (nSPS) is 10.6. The second-order valence-electron chi connectivity index (χ2n) is 6.12. The van der Waals surface area contributed by atoms with E-state index in [9.17, 15) is 4.79 Å². The standard InChI is InChI=1S/C20H20ClN3O2S/c1-14-4-2-5-17(12-14)26-11-3-6-18(25)22-20-24-23-19(27-20)13-15-7-9-16(21)10-8-15/h2,4-5,7-10,12H,3,6,11,13H2,1H3,(H,22,24,25). The molecule has 1 heterocycles. The Balaban J connectivity index is 1.40. The van der Waals surface area contributed by atoms with Gasteiger partial charge in [0, 0.05) is 17.9 Å². The maximum Gasteiger partial charge on any atom is 0.226 e. The van der Waals surface area contributed by atoms with Crippen LogP contribution in [0.1, 0.15) is 29.0 Å². The minimum Gasteiger partial charge on any atom is -0.494 e. The summed E-state index contributed by atoms with van der Waals surface area (Å²) in [6.07, 6.45) is 1.67. The topological polar surface area (TPSA) is 64.1 Å². The molecule has 0 fully saturated rings. The molecule has 0 bridgehead atoms. The monoisotopic (exact) mass is 401 g/mol. The molecule has 1 aromatic heterocycles. The van der Waals surface area contributed by atoms with Crippen LogP contribution in [0.3, 0.4) is 0 Å². The van der Waals surface area contributed by atoms with Gasteiger partial charge in [0.25, 0.3) is 0 Å². The molecule has 0 aliphatic heterocycles. The maximum absolute atomic E-state index is 12.0.